The van der Waals surface area contributed by atoms with Crippen LogP contribution in [0.15, 0.2) is 18.2 Å². The maximum absolute atomic E-state index is 11.2. The number of likely N-dealkylation sites (N-methyl/N-ethyl adjacent to an activating group) is 1. The lowest BCUT2D eigenvalue weighted by Gasteiger charge is -2.13. The van der Waals surface area contributed by atoms with Crippen molar-refractivity contribution >= 4 is 11.7 Å². The van der Waals surface area contributed by atoms with Crippen LogP contribution >= 0.6 is 0 Å². The van der Waals surface area contributed by atoms with Gasteiger partial charge in [-0.05, 0) is 30.0 Å². The molecule has 1 aliphatic rings. The van der Waals surface area contributed by atoms with E-state index in [9.17, 15) is 4.79 Å². The first kappa shape index (κ1) is 11.9. The van der Waals surface area contributed by atoms with Crippen molar-refractivity contribution in [3.8, 4) is 0 Å². The van der Waals surface area contributed by atoms with Gasteiger partial charge in [-0.3, -0.25) is 4.79 Å². The van der Waals surface area contributed by atoms with Crippen molar-refractivity contribution < 1.29 is 9.53 Å². The number of fused-ring (bicyclic) bond motifs is 1. The van der Waals surface area contributed by atoms with E-state index in [4.69, 9.17) is 5.73 Å². The zero-order valence-corrected chi connectivity index (χ0v) is 10.3. The summed E-state index contributed by atoms with van der Waals surface area (Å²) in [5.74, 6) is -0.359. The number of hydrogen-bond acceptors (Lipinski definition) is 4. The Bertz CT molecular complexity index is 431. The third kappa shape index (κ3) is 2.42. The van der Waals surface area contributed by atoms with Gasteiger partial charge in [0.1, 0.15) is 6.04 Å². The van der Waals surface area contributed by atoms with Gasteiger partial charge in [0.2, 0.25) is 0 Å². The molecule has 1 aromatic carbocycles. The van der Waals surface area contributed by atoms with Crippen molar-refractivity contribution in [2.45, 2.75) is 18.9 Å². The van der Waals surface area contributed by atoms with Crippen LogP contribution in [0, 0.1) is 0 Å². The topological polar surface area (TPSA) is 55.6 Å². The van der Waals surface area contributed by atoms with Crippen LogP contribution in [0.3, 0.4) is 0 Å². The van der Waals surface area contributed by atoms with Crippen LogP contribution in [-0.2, 0) is 22.4 Å². The molecule has 1 heterocycles. The quantitative estimate of drug-likeness (QED) is 0.783. The summed E-state index contributed by atoms with van der Waals surface area (Å²) < 4.78 is 4.62. The Morgan fingerprint density at radius 3 is 3.06 bits per heavy atom. The Kier molecular flexibility index (Phi) is 3.33. The molecule has 0 spiro atoms. The molecule has 1 aromatic rings. The first-order valence-corrected chi connectivity index (χ1v) is 5.78. The van der Waals surface area contributed by atoms with Crippen molar-refractivity contribution in [1.82, 2.24) is 0 Å². The van der Waals surface area contributed by atoms with Crippen molar-refractivity contribution in [3.05, 3.63) is 29.3 Å². The first-order valence-electron chi connectivity index (χ1n) is 5.78. The van der Waals surface area contributed by atoms with Gasteiger partial charge >= 0.3 is 5.97 Å². The molecule has 92 valence electrons. The number of benzene rings is 1. The van der Waals surface area contributed by atoms with Gasteiger partial charge in [0.15, 0.2) is 0 Å². The molecule has 0 saturated carbocycles. The zero-order chi connectivity index (χ0) is 12.4. The summed E-state index contributed by atoms with van der Waals surface area (Å²) in [4.78, 5) is 13.5. The highest BCUT2D eigenvalue weighted by Gasteiger charge is 2.18. The van der Waals surface area contributed by atoms with Gasteiger partial charge in [-0.2, -0.15) is 0 Å². The van der Waals surface area contributed by atoms with Gasteiger partial charge in [-0.15, -0.1) is 0 Å². The van der Waals surface area contributed by atoms with E-state index >= 15 is 0 Å². The number of methoxy groups -OCH3 is 1. The van der Waals surface area contributed by atoms with Crippen LogP contribution in [0.5, 0.6) is 0 Å². The SMILES string of the molecule is COC(=O)C(N)Cc1ccc2c(c1)CCN2C. The molecule has 0 aromatic heterocycles. The maximum atomic E-state index is 11.2. The third-order valence-electron chi connectivity index (χ3n) is 3.23. The molecule has 17 heavy (non-hydrogen) atoms. The average Bonchev–Trinajstić information content (AvgIpc) is 2.69. The maximum Gasteiger partial charge on any atom is 0.322 e. The minimum absolute atomic E-state index is 0.359. The molecule has 0 fully saturated rings. The number of anilines is 1. The van der Waals surface area contributed by atoms with Gasteiger partial charge in [0.25, 0.3) is 0 Å². The van der Waals surface area contributed by atoms with Crippen LogP contribution in [-0.4, -0.2) is 32.7 Å². The van der Waals surface area contributed by atoms with E-state index in [1.54, 1.807) is 0 Å². The second kappa shape index (κ2) is 4.75. The summed E-state index contributed by atoms with van der Waals surface area (Å²) in [5.41, 5.74) is 9.46. The van der Waals surface area contributed by atoms with Crippen molar-refractivity contribution in [1.29, 1.82) is 0 Å². The molecular formula is C13H18N2O2. The van der Waals surface area contributed by atoms with Gasteiger partial charge in [0.05, 0.1) is 7.11 Å². The minimum Gasteiger partial charge on any atom is -0.468 e. The lowest BCUT2D eigenvalue weighted by molar-refractivity contribution is -0.142. The van der Waals surface area contributed by atoms with Gasteiger partial charge in [-0.25, -0.2) is 0 Å². The van der Waals surface area contributed by atoms with Crippen molar-refractivity contribution in [2.75, 3.05) is 25.6 Å². The number of hydrogen-bond donors (Lipinski definition) is 1. The average molecular weight is 234 g/mol. The van der Waals surface area contributed by atoms with Crippen molar-refractivity contribution in [3.63, 3.8) is 0 Å². The molecule has 0 aliphatic carbocycles. The Hall–Kier alpha value is -1.55. The van der Waals surface area contributed by atoms with Gasteiger partial charge < -0.3 is 15.4 Å². The van der Waals surface area contributed by atoms with Crippen LogP contribution in [0.2, 0.25) is 0 Å². The van der Waals surface area contributed by atoms with E-state index < -0.39 is 6.04 Å². The second-order valence-electron chi connectivity index (χ2n) is 4.47. The first-order chi connectivity index (χ1) is 8.11. The van der Waals surface area contributed by atoms with Crippen LogP contribution in [0.4, 0.5) is 5.69 Å². The minimum atomic E-state index is -0.572. The molecule has 2 rings (SSSR count). The summed E-state index contributed by atoms with van der Waals surface area (Å²) in [6.45, 7) is 1.06. The van der Waals surface area contributed by atoms with E-state index in [2.05, 4.69) is 28.8 Å². The Labute approximate surface area is 101 Å². The molecule has 0 amide bonds. The fourth-order valence-electron chi connectivity index (χ4n) is 2.24. The standard InChI is InChI=1S/C13H18N2O2/c1-15-6-5-10-7-9(3-4-12(10)15)8-11(14)13(16)17-2/h3-4,7,11H,5-6,8,14H2,1-2H3. The highest BCUT2D eigenvalue weighted by Crippen LogP contribution is 2.27. The molecule has 0 bridgehead atoms. The fraction of sp³-hybridized carbons (Fsp3) is 0.462. The predicted octanol–water partition coefficient (Wildman–Crippen LogP) is 0.722. The van der Waals surface area contributed by atoms with Crippen LogP contribution in [0.25, 0.3) is 0 Å². The van der Waals surface area contributed by atoms with Crippen LogP contribution in [0.1, 0.15) is 11.1 Å². The van der Waals surface area contributed by atoms with E-state index in [1.807, 2.05) is 6.07 Å². The van der Waals surface area contributed by atoms with Gasteiger partial charge in [0, 0.05) is 19.3 Å². The number of carbonyl (C=O) groups is 1. The predicted molar refractivity (Wildman–Crippen MR) is 67.1 cm³/mol. The molecule has 1 unspecified atom stereocenters. The third-order valence-corrected chi connectivity index (χ3v) is 3.23. The largest absolute Gasteiger partial charge is 0.468 e. The normalized spacial score (nSPS) is 15.6. The van der Waals surface area contributed by atoms with E-state index in [1.165, 1.54) is 18.4 Å². The Morgan fingerprint density at radius 1 is 1.59 bits per heavy atom. The molecule has 1 aliphatic heterocycles. The summed E-state index contributed by atoms with van der Waals surface area (Å²) in [7, 11) is 3.45. The highest BCUT2D eigenvalue weighted by atomic mass is 16.5. The number of ether oxygens (including phenoxy) is 1. The van der Waals surface area contributed by atoms with E-state index in [-0.39, 0.29) is 5.97 Å². The zero-order valence-electron chi connectivity index (χ0n) is 10.3. The second-order valence-corrected chi connectivity index (χ2v) is 4.47. The molecule has 4 heteroatoms. The van der Waals surface area contributed by atoms with E-state index in [0.717, 1.165) is 18.5 Å². The number of carbonyl (C=O) groups excluding carboxylic acids is 1. The Morgan fingerprint density at radius 2 is 2.35 bits per heavy atom. The molecule has 2 N–H and O–H groups in total. The summed E-state index contributed by atoms with van der Waals surface area (Å²) in [5, 5.41) is 0. The summed E-state index contributed by atoms with van der Waals surface area (Å²) in [6.07, 6.45) is 1.59. The van der Waals surface area contributed by atoms with Gasteiger partial charge in [-0.1, -0.05) is 12.1 Å². The lowest BCUT2D eigenvalue weighted by Crippen LogP contribution is -2.33. The highest BCUT2D eigenvalue weighted by molar-refractivity contribution is 5.75. The number of rotatable bonds is 3. The lowest BCUT2D eigenvalue weighted by atomic mass is 10.0. The Balaban J connectivity index is 2.11. The fourth-order valence-corrected chi connectivity index (χ4v) is 2.24. The number of nitrogens with two attached hydrogens (primary N) is 1. The monoisotopic (exact) mass is 234 g/mol. The van der Waals surface area contributed by atoms with Crippen LogP contribution < -0.4 is 10.6 Å². The molecule has 4 nitrogen and oxygen atoms in total. The summed E-state index contributed by atoms with van der Waals surface area (Å²) in [6, 6.07) is 5.70. The number of esters is 1. The van der Waals surface area contributed by atoms with E-state index in [0.29, 0.717) is 6.42 Å². The summed E-state index contributed by atoms with van der Waals surface area (Å²) >= 11 is 0. The molecule has 1 atom stereocenters. The van der Waals surface area contributed by atoms with Crippen molar-refractivity contribution in [2.24, 2.45) is 5.73 Å². The molecule has 0 radical (unpaired) electrons. The number of nitrogens with zero attached hydrogens (tertiary/aromatic N) is 1. The smallest absolute Gasteiger partial charge is 0.322 e. The molecular weight excluding hydrogens is 216 g/mol. The molecule has 0 saturated heterocycles.